The third-order valence-electron chi connectivity index (χ3n) is 4.61. The largest absolute Gasteiger partial charge is 0.379 e. The van der Waals surface area contributed by atoms with Crippen molar-refractivity contribution in [3.05, 3.63) is 24.3 Å². The van der Waals surface area contributed by atoms with Crippen molar-refractivity contribution in [1.29, 1.82) is 0 Å². The van der Waals surface area contributed by atoms with Gasteiger partial charge in [-0.05, 0) is 38.1 Å². The van der Waals surface area contributed by atoms with Crippen molar-refractivity contribution in [1.82, 2.24) is 9.21 Å². The Morgan fingerprint density at radius 2 is 1.70 bits per heavy atom. The molecule has 2 atom stereocenters. The lowest BCUT2D eigenvalue weighted by atomic mass is 10.2. The highest BCUT2D eigenvalue weighted by Crippen LogP contribution is 2.19. The second-order valence-corrected chi connectivity index (χ2v) is 8.98. The lowest BCUT2D eigenvalue weighted by molar-refractivity contribution is -0.121. The first-order valence-electron chi connectivity index (χ1n) is 9.20. The fourth-order valence-corrected chi connectivity index (χ4v) is 4.87. The number of hydrogen-bond acceptors (Lipinski definition) is 6. The van der Waals surface area contributed by atoms with E-state index in [9.17, 15) is 13.2 Å². The Kier molecular flexibility index (Phi) is 6.48. The molecule has 1 aromatic rings. The summed E-state index contributed by atoms with van der Waals surface area (Å²) in [6.07, 6.45) is 0.206. The molecule has 0 spiro atoms. The van der Waals surface area contributed by atoms with E-state index in [2.05, 4.69) is 10.2 Å². The first-order chi connectivity index (χ1) is 12.8. The van der Waals surface area contributed by atoms with Crippen LogP contribution in [0.1, 0.15) is 13.8 Å². The smallest absolute Gasteiger partial charge is 0.243 e. The predicted octanol–water partition coefficient (Wildman–Crippen LogP) is 0.755. The summed E-state index contributed by atoms with van der Waals surface area (Å²) in [6.45, 7) is 7.24. The van der Waals surface area contributed by atoms with Gasteiger partial charge >= 0.3 is 0 Å². The molecular weight excluding hydrogens is 370 g/mol. The molecule has 0 bridgehead atoms. The Morgan fingerprint density at radius 3 is 2.30 bits per heavy atom. The molecule has 0 saturated carbocycles. The average molecular weight is 397 g/mol. The normalized spacial score (nSPS) is 25.3. The molecular formula is C18H27N3O5S. The minimum Gasteiger partial charge on any atom is -0.379 e. The van der Waals surface area contributed by atoms with E-state index in [0.717, 1.165) is 0 Å². The summed E-state index contributed by atoms with van der Waals surface area (Å²) in [4.78, 5) is 14.6. The number of morpholine rings is 2. The number of carbonyl (C=O) groups excluding carboxylic acids is 1. The molecule has 2 heterocycles. The van der Waals surface area contributed by atoms with E-state index >= 15 is 0 Å². The molecule has 2 aliphatic rings. The number of anilines is 1. The van der Waals surface area contributed by atoms with Gasteiger partial charge in [-0.3, -0.25) is 9.69 Å². The first kappa shape index (κ1) is 20.2. The van der Waals surface area contributed by atoms with Crippen LogP contribution >= 0.6 is 0 Å². The maximum absolute atomic E-state index is 12.6. The Balaban J connectivity index is 1.58. The van der Waals surface area contributed by atoms with Crippen molar-refractivity contribution < 1.29 is 22.7 Å². The van der Waals surface area contributed by atoms with Gasteiger partial charge < -0.3 is 14.8 Å². The van der Waals surface area contributed by atoms with Crippen molar-refractivity contribution in [3.63, 3.8) is 0 Å². The summed E-state index contributed by atoms with van der Waals surface area (Å²) in [5.74, 6) is -0.125. The van der Waals surface area contributed by atoms with Crippen molar-refractivity contribution in [2.45, 2.75) is 31.0 Å². The van der Waals surface area contributed by atoms with Crippen LogP contribution in [0, 0.1) is 0 Å². The van der Waals surface area contributed by atoms with Crippen LogP contribution in [0.5, 0.6) is 0 Å². The van der Waals surface area contributed by atoms with E-state index in [0.29, 0.717) is 45.1 Å². The second-order valence-electron chi connectivity index (χ2n) is 7.04. The van der Waals surface area contributed by atoms with Crippen molar-refractivity contribution >= 4 is 21.6 Å². The van der Waals surface area contributed by atoms with Crippen molar-refractivity contribution in [2.24, 2.45) is 0 Å². The molecule has 0 aliphatic carbocycles. The van der Waals surface area contributed by atoms with Gasteiger partial charge in [-0.2, -0.15) is 4.31 Å². The number of nitrogens with one attached hydrogen (secondary N) is 1. The summed E-state index contributed by atoms with van der Waals surface area (Å²) < 4.78 is 37.5. The molecule has 27 heavy (non-hydrogen) atoms. The molecule has 3 rings (SSSR count). The number of carbonyl (C=O) groups is 1. The zero-order valence-corrected chi connectivity index (χ0v) is 16.6. The van der Waals surface area contributed by atoms with Gasteiger partial charge in [-0.15, -0.1) is 0 Å². The number of rotatable bonds is 5. The summed E-state index contributed by atoms with van der Waals surface area (Å²) in [5.41, 5.74) is 0.579. The minimum absolute atomic E-state index is 0.103. The van der Waals surface area contributed by atoms with Crippen LogP contribution in [0.4, 0.5) is 5.69 Å². The van der Waals surface area contributed by atoms with Gasteiger partial charge in [0, 0.05) is 31.9 Å². The maximum Gasteiger partial charge on any atom is 0.243 e. The van der Waals surface area contributed by atoms with Crippen LogP contribution in [-0.2, 0) is 24.3 Å². The SMILES string of the molecule is C[C@H]1CN(CC(=O)Nc2ccc(S(=O)(=O)N3CCOCC3)cc2)C[C@H](C)O1. The molecule has 8 nitrogen and oxygen atoms in total. The van der Waals surface area contributed by atoms with Crippen LogP contribution in [0.15, 0.2) is 29.2 Å². The Morgan fingerprint density at radius 1 is 1.11 bits per heavy atom. The fourth-order valence-electron chi connectivity index (χ4n) is 3.46. The molecule has 9 heteroatoms. The van der Waals surface area contributed by atoms with Crippen LogP contribution in [0.25, 0.3) is 0 Å². The van der Waals surface area contributed by atoms with Crippen LogP contribution in [0.3, 0.4) is 0 Å². The number of sulfonamides is 1. The highest BCUT2D eigenvalue weighted by Gasteiger charge is 2.26. The minimum atomic E-state index is -3.52. The summed E-state index contributed by atoms with van der Waals surface area (Å²) in [5, 5.41) is 2.83. The number of ether oxygens (including phenoxy) is 2. The second kappa shape index (κ2) is 8.66. The molecule has 0 radical (unpaired) electrons. The highest BCUT2D eigenvalue weighted by atomic mass is 32.2. The standard InChI is InChI=1S/C18H27N3O5S/c1-14-11-20(12-15(2)26-14)13-18(22)19-16-3-5-17(6-4-16)27(23,24)21-7-9-25-10-8-21/h3-6,14-15H,7-13H2,1-2H3,(H,19,22)/t14-,15-/m0/s1. The lowest BCUT2D eigenvalue weighted by Crippen LogP contribution is -2.48. The van der Waals surface area contributed by atoms with E-state index in [1.54, 1.807) is 12.1 Å². The monoisotopic (exact) mass is 397 g/mol. The van der Waals surface area contributed by atoms with Gasteiger partial charge in [-0.25, -0.2) is 8.42 Å². The summed E-state index contributed by atoms with van der Waals surface area (Å²) in [6, 6.07) is 6.30. The third kappa shape index (κ3) is 5.26. The van der Waals surface area contributed by atoms with Gasteiger partial charge in [0.1, 0.15) is 0 Å². The first-order valence-corrected chi connectivity index (χ1v) is 10.6. The zero-order valence-electron chi connectivity index (χ0n) is 15.8. The molecule has 2 saturated heterocycles. The van der Waals surface area contributed by atoms with E-state index in [4.69, 9.17) is 9.47 Å². The molecule has 150 valence electrons. The molecule has 1 amide bonds. The van der Waals surface area contributed by atoms with E-state index in [1.165, 1.54) is 16.4 Å². The lowest BCUT2D eigenvalue weighted by Gasteiger charge is -2.34. The quantitative estimate of drug-likeness (QED) is 0.789. The summed E-state index contributed by atoms with van der Waals surface area (Å²) >= 11 is 0. The number of nitrogens with zero attached hydrogens (tertiary/aromatic N) is 2. The summed E-state index contributed by atoms with van der Waals surface area (Å²) in [7, 11) is -3.52. The molecule has 0 aromatic heterocycles. The van der Waals surface area contributed by atoms with Crippen LogP contribution < -0.4 is 5.32 Å². The highest BCUT2D eigenvalue weighted by molar-refractivity contribution is 7.89. The van der Waals surface area contributed by atoms with Gasteiger partial charge in [-0.1, -0.05) is 0 Å². The fraction of sp³-hybridized carbons (Fsp3) is 0.611. The van der Waals surface area contributed by atoms with Crippen molar-refractivity contribution in [2.75, 3.05) is 51.3 Å². The topological polar surface area (TPSA) is 88.2 Å². The molecule has 2 fully saturated rings. The molecule has 0 unspecified atom stereocenters. The Bertz CT molecular complexity index is 737. The molecule has 1 aromatic carbocycles. The predicted molar refractivity (Wildman–Crippen MR) is 101 cm³/mol. The van der Waals surface area contributed by atoms with Gasteiger partial charge in [0.05, 0.1) is 36.9 Å². The van der Waals surface area contributed by atoms with E-state index in [-0.39, 0.29) is 29.6 Å². The van der Waals surface area contributed by atoms with E-state index < -0.39 is 10.0 Å². The van der Waals surface area contributed by atoms with E-state index in [1.807, 2.05) is 13.8 Å². The van der Waals surface area contributed by atoms with Crippen LogP contribution in [-0.4, -0.2) is 81.7 Å². The third-order valence-corrected chi connectivity index (χ3v) is 6.52. The zero-order chi connectivity index (χ0) is 19.4. The average Bonchev–Trinajstić information content (AvgIpc) is 2.62. The molecule has 1 N–H and O–H groups in total. The number of benzene rings is 1. The Labute approximate surface area is 160 Å². The van der Waals surface area contributed by atoms with Crippen molar-refractivity contribution in [3.8, 4) is 0 Å². The number of amides is 1. The van der Waals surface area contributed by atoms with Gasteiger partial charge in [0.15, 0.2) is 0 Å². The maximum atomic E-state index is 12.6. The Hall–Kier alpha value is -1.52. The van der Waals surface area contributed by atoms with Gasteiger partial charge in [0.2, 0.25) is 15.9 Å². The molecule has 2 aliphatic heterocycles. The van der Waals surface area contributed by atoms with Crippen LogP contribution in [0.2, 0.25) is 0 Å². The number of hydrogen-bond donors (Lipinski definition) is 1. The van der Waals surface area contributed by atoms with Gasteiger partial charge in [0.25, 0.3) is 0 Å².